The third-order valence-electron chi connectivity index (χ3n) is 3.64. The van der Waals surface area contributed by atoms with Gasteiger partial charge in [-0.15, -0.1) is 0 Å². The highest BCUT2D eigenvalue weighted by atomic mass is 16.1. The molecule has 0 aromatic rings. The summed E-state index contributed by atoms with van der Waals surface area (Å²) in [6.45, 7) is 5.07. The van der Waals surface area contributed by atoms with Crippen molar-refractivity contribution in [2.45, 2.75) is 58.4 Å². The molecule has 16 heavy (non-hydrogen) atoms. The Hall–Kier alpha value is -0.570. The number of carbonyl (C=O) groups excluding carboxylic acids is 1. The van der Waals surface area contributed by atoms with Crippen LogP contribution in [0, 0.1) is 11.8 Å². The van der Waals surface area contributed by atoms with Crippen molar-refractivity contribution >= 4 is 5.91 Å². The second-order valence-corrected chi connectivity index (χ2v) is 5.31. The molecule has 0 aliphatic heterocycles. The van der Waals surface area contributed by atoms with Gasteiger partial charge in [-0.3, -0.25) is 4.79 Å². The van der Waals surface area contributed by atoms with Crippen LogP contribution in [0.2, 0.25) is 0 Å². The zero-order chi connectivity index (χ0) is 12.0. The van der Waals surface area contributed by atoms with Crippen LogP contribution in [0.1, 0.15) is 52.4 Å². The fourth-order valence-electron chi connectivity index (χ4n) is 2.31. The molecule has 1 fully saturated rings. The van der Waals surface area contributed by atoms with E-state index in [1.54, 1.807) is 0 Å². The van der Waals surface area contributed by atoms with E-state index in [0.717, 1.165) is 25.8 Å². The predicted molar refractivity (Wildman–Crippen MR) is 67.0 cm³/mol. The first-order chi connectivity index (χ1) is 7.61. The quantitative estimate of drug-likeness (QED) is 0.754. The summed E-state index contributed by atoms with van der Waals surface area (Å²) in [5, 5.41) is 3.04. The lowest BCUT2D eigenvalue weighted by atomic mass is 9.86. The van der Waals surface area contributed by atoms with Gasteiger partial charge >= 0.3 is 0 Å². The van der Waals surface area contributed by atoms with Crippen LogP contribution in [0.4, 0.5) is 0 Å². The molecule has 1 aliphatic carbocycles. The van der Waals surface area contributed by atoms with Crippen LogP contribution in [-0.2, 0) is 4.79 Å². The van der Waals surface area contributed by atoms with E-state index >= 15 is 0 Å². The SMILES string of the molecule is CCC(C)CC(=O)NCC1CCCC(N)C1. The first-order valence-corrected chi connectivity index (χ1v) is 6.64. The highest BCUT2D eigenvalue weighted by Crippen LogP contribution is 2.22. The molecule has 1 rings (SSSR count). The second-order valence-electron chi connectivity index (χ2n) is 5.31. The molecule has 0 saturated heterocycles. The fourth-order valence-corrected chi connectivity index (χ4v) is 2.31. The number of hydrogen-bond donors (Lipinski definition) is 2. The van der Waals surface area contributed by atoms with Gasteiger partial charge < -0.3 is 11.1 Å². The molecular formula is C13H26N2O. The highest BCUT2D eigenvalue weighted by Gasteiger charge is 2.19. The Morgan fingerprint density at radius 3 is 2.88 bits per heavy atom. The molecule has 0 spiro atoms. The lowest BCUT2D eigenvalue weighted by molar-refractivity contribution is -0.122. The number of nitrogens with one attached hydrogen (secondary N) is 1. The monoisotopic (exact) mass is 226 g/mol. The molecule has 0 bridgehead atoms. The Labute approximate surface area is 99.2 Å². The van der Waals surface area contributed by atoms with Crippen molar-refractivity contribution in [2.24, 2.45) is 17.6 Å². The van der Waals surface area contributed by atoms with Gasteiger partial charge in [0.15, 0.2) is 0 Å². The smallest absolute Gasteiger partial charge is 0.220 e. The Bertz CT molecular complexity index is 218. The minimum absolute atomic E-state index is 0.202. The van der Waals surface area contributed by atoms with E-state index in [2.05, 4.69) is 19.2 Å². The van der Waals surface area contributed by atoms with Crippen LogP contribution >= 0.6 is 0 Å². The van der Waals surface area contributed by atoms with Gasteiger partial charge in [0.05, 0.1) is 0 Å². The molecule has 0 radical (unpaired) electrons. The summed E-state index contributed by atoms with van der Waals surface area (Å²) in [5.41, 5.74) is 5.92. The zero-order valence-corrected chi connectivity index (χ0v) is 10.7. The minimum atomic E-state index is 0.202. The van der Waals surface area contributed by atoms with Crippen molar-refractivity contribution in [1.29, 1.82) is 0 Å². The van der Waals surface area contributed by atoms with Crippen molar-refractivity contribution in [3.8, 4) is 0 Å². The zero-order valence-electron chi connectivity index (χ0n) is 10.7. The summed E-state index contributed by atoms with van der Waals surface area (Å²) < 4.78 is 0. The molecule has 3 unspecified atom stereocenters. The molecule has 0 heterocycles. The molecule has 0 aromatic heterocycles. The van der Waals surface area contributed by atoms with E-state index in [1.165, 1.54) is 12.8 Å². The molecule has 0 aromatic carbocycles. The van der Waals surface area contributed by atoms with Crippen LogP contribution < -0.4 is 11.1 Å². The van der Waals surface area contributed by atoms with Gasteiger partial charge in [-0.1, -0.05) is 26.7 Å². The molecule has 3 nitrogen and oxygen atoms in total. The highest BCUT2D eigenvalue weighted by molar-refractivity contribution is 5.76. The number of nitrogens with two attached hydrogens (primary N) is 1. The third-order valence-corrected chi connectivity index (χ3v) is 3.64. The van der Waals surface area contributed by atoms with Crippen molar-refractivity contribution < 1.29 is 4.79 Å². The number of hydrogen-bond acceptors (Lipinski definition) is 2. The number of carbonyl (C=O) groups is 1. The van der Waals surface area contributed by atoms with Crippen molar-refractivity contribution in [3.05, 3.63) is 0 Å². The number of amides is 1. The maximum absolute atomic E-state index is 11.6. The van der Waals surface area contributed by atoms with Crippen molar-refractivity contribution in [1.82, 2.24) is 5.32 Å². The summed E-state index contributed by atoms with van der Waals surface area (Å²) in [5.74, 6) is 1.30. The van der Waals surface area contributed by atoms with E-state index in [4.69, 9.17) is 5.73 Å². The summed E-state index contributed by atoms with van der Waals surface area (Å²) >= 11 is 0. The lowest BCUT2D eigenvalue weighted by Gasteiger charge is -2.26. The topological polar surface area (TPSA) is 55.1 Å². The van der Waals surface area contributed by atoms with E-state index < -0.39 is 0 Å². The van der Waals surface area contributed by atoms with Crippen LogP contribution in [0.25, 0.3) is 0 Å². The fraction of sp³-hybridized carbons (Fsp3) is 0.923. The van der Waals surface area contributed by atoms with E-state index in [0.29, 0.717) is 24.3 Å². The molecule has 1 aliphatic rings. The van der Waals surface area contributed by atoms with Gasteiger partial charge in [-0.2, -0.15) is 0 Å². The van der Waals surface area contributed by atoms with Gasteiger partial charge in [0, 0.05) is 19.0 Å². The van der Waals surface area contributed by atoms with Crippen LogP contribution in [0.5, 0.6) is 0 Å². The van der Waals surface area contributed by atoms with Gasteiger partial charge in [-0.05, 0) is 31.1 Å². The average Bonchev–Trinajstić information content (AvgIpc) is 2.26. The molecule has 3 heteroatoms. The van der Waals surface area contributed by atoms with Gasteiger partial charge in [0.25, 0.3) is 0 Å². The molecule has 1 amide bonds. The Kier molecular flexibility index (Phi) is 5.81. The van der Waals surface area contributed by atoms with Crippen molar-refractivity contribution in [2.75, 3.05) is 6.54 Å². The Morgan fingerprint density at radius 2 is 2.25 bits per heavy atom. The summed E-state index contributed by atoms with van der Waals surface area (Å²) in [7, 11) is 0. The maximum atomic E-state index is 11.6. The normalized spacial score (nSPS) is 27.4. The second kappa shape index (κ2) is 6.89. The molecule has 3 N–H and O–H groups in total. The van der Waals surface area contributed by atoms with E-state index in [1.807, 2.05) is 0 Å². The number of rotatable bonds is 5. The Morgan fingerprint density at radius 1 is 1.50 bits per heavy atom. The lowest BCUT2D eigenvalue weighted by Crippen LogP contribution is -2.36. The minimum Gasteiger partial charge on any atom is -0.356 e. The van der Waals surface area contributed by atoms with Gasteiger partial charge in [0.2, 0.25) is 5.91 Å². The first kappa shape index (κ1) is 13.5. The first-order valence-electron chi connectivity index (χ1n) is 6.64. The van der Waals surface area contributed by atoms with Crippen molar-refractivity contribution in [3.63, 3.8) is 0 Å². The molecule has 94 valence electrons. The molecular weight excluding hydrogens is 200 g/mol. The standard InChI is InChI=1S/C13H26N2O/c1-3-10(2)7-13(16)15-9-11-5-4-6-12(14)8-11/h10-12H,3-9,14H2,1-2H3,(H,15,16). The summed E-state index contributed by atoms with van der Waals surface area (Å²) in [6, 6.07) is 0.352. The van der Waals surface area contributed by atoms with Crippen LogP contribution in [0.15, 0.2) is 0 Å². The Balaban J connectivity index is 2.15. The van der Waals surface area contributed by atoms with E-state index in [-0.39, 0.29) is 5.91 Å². The van der Waals surface area contributed by atoms with Gasteiger partial charge in [-0.25, -0.2) is 0 Å². The average molecular weight is 226 g/mol. The maximum Gasteiger partial charge on any atom is 0.220 e. The van der Waals surface area contributed by atoms with E-state index in [9.17, 15) is 4.79 Å². The molecule has 3 atom stereocenters. The molecule has 1 saturated carbocycles. The summed E-state index contributed by atoms with van der Waals surface area (Å²) in [6.07, 6.45) is 6.39. The van der Waals surface area contributed by atoms with Crippen LogP contribution in [-0.4, -0.2) is 18.5 Å². The third kappa shape index (κ3) is 4.97. The summed E-state index contributed by atoms with van der Waals surface area (Å²) in [4.78, 5) is 11.6. The predicted octanol–water partition coefficient (Wildman–Crippen LogP) is 2.06. The van der Waals surface area contributed by atoms with Gasteiger partial charge in [0.1, 0.15) is 0 Å². The largest absolute Gasteiger partial charge is 0.356 e. The van der Waals surface area contributed by atoms with Crippen LogP contribution in [0.3, 0.4) is 0 Å².